The Hall–Kier alpha value is -2.66. The Morgan fingerprint density at radius 3 is 2.79 bits per heavy atom. The molecule has 0 saturated heterocycles. The predicted octanol–water partition coefficient (Wildman–Crippen LogP) is 3.90. The summed E-state index contributed by atoms with van der Waals surface area (Å²) < 4.78 is 15.3. The molecule has 4 nitrogen and oxygen atoms in total. The summed E-state index contributed by atoms with van der Waals surface area (Å²) in [5, 5.41) is 7.57. The summed E-state index contributed by atoms with van der Waals surface area (Å²) >= 11 is 5.93. The number of carbonyl (C=O) groups excluding carboxylic acids is 1. The van der Waals surface area contributed by atoms with Crippen molar-refractivity contribution >= 4 is 17.5 Å². The fourth-order valence-corrected chi connectivity index (χ4v) is 2.64. The van der Waals surface area contributed by atoms with Crippen LogP contribution in [-0.2, 0) is 6.54 Å². The molecule has 0 saturated carbocycles. The van der Waals surface area contributed by atoms with Crippen molar-refractivity contribution in [2.45, 2.75) is 13.5 Å². The molecule has 1 N–H and O–H groups in total. The van der Waals surface area contributed by atoms with E-state index in [9.17, 15) is 9.18 Å². The van der Waals surface area contributed by atoms with E-state index in [2.05, 4.69) is 10.4 Å². The van der Waals surface area contributed by atoms with Crippen molar-refractivity contribution in [1.82, 2.24) is 15.1 Å². The van der Waals surface area contributed by atoms with E-state index in [-0.39, 0.29) is 5.91 Å². The minimum absolute atomic E-state index is 0.268. The number of nitrogens with one attached hydrogen (secondary N) is 1. The normalized spacial score (nSPS) is 10.6. The molecule has 0 spiro atoms. The van der Waals surface area contributed by atoms with Crippen molar-refractivity contribution in [3.63, 3.8) is 0 Å². The van der Waals surface area contributed by atoms with Crippen molar-refractivity contribution in [2.75, 3.05) is 0 Å². The number of rotatable bonds is 4. The van der Waals surface area contributed by atoms with Crippen LogP contribution >= 0.6 is 11.6 Å². The summed E-state index contributed by atoms with van der Waals surface area (Å²) in [6.45, 7) is 2.08. The maximum Gasteiger partial charge on any atom is 0.255 e. The molecule has 0 aliphatic carbocycles. The van der Waals surface area contributed by atoms with Crippen LogP contribution in [-0.4, -0.2) is 15.7 Å². The minimum atomic E-state index is -0.394. The van der Waals surface area contributed by atoms with E-state index in [1.165, 1.54) is 16.9 Å². The van der Waals surface area contributed by atoms with E-state index in [1.54, 1.807) is 37.3 Å². The molecule has 6 heteroatoms. The van der Waals surface area contributed by atoms with Crippen LogP contribution in [0.25, 0.3) is 5.69 Å². The van der Waals surface area contributed by atoms with Crippen molar-refractivity contribution in [1.29, 1.82) is 0 Å². The first kappa shape index (κ1) is 16.2. The number of halogens is 2. The molecule has 122 valence electrons. The molecule has 24 heavy (non-hydrogen) atoms. The highest BCUT2D eigenvalue weighted by atomic mass is 35.5. The molecule has 3 rings (SSSR count). The third kappa shape index (κ3) is 3.31. The van der Waals surface area contributed by atoms with Gasteiger partial charge in [0, 0.05) is 11.6 Å². The maximum absolute atomic E-state index is 13.9. The SMILES string of the molecule is Cc1c(C(=O)NCc2cccc(Cl)c2)cnn1-c1ccccc1F. The van der Waals surface area contributed by atoms with E-state index in [1.807, 2.05) is 12.1 Å². The molecule has 1 aromatic heterocycles. The molecule has 0 unspecified atom stereocenters. The summed E-state index contributed by atoms with van der Waals surface area (Å²) in [6.07, 6.45) is 1.44. The van der Waals surface area contributed by atoms with E-state index in [0.717, 1.165) is 5.56 Å². The lowest BCUT2D eigenvalue weighted by atomic mass is 10.2. The average molecular weight is 344 g/mol. The quantitative estimate of drug-likeness (QED) is 0.781. The molecule has 0 radical (unpaired) electrons. The number of para-hydroxylation sites is 1. The average Bonchev–Trinajstić information content (AvgIpc) is 2.95. The van der Waals surface area contributed by atoms with Gasteiger partial charge in [0.2, 0.25) is 0 Å². The van der Waals surface area contributed by atoms with Crippen LogP contribution < -0.4 is 5.32 Å². The molecular weight excluding hydrogens is 329 g/mol. The van der Waals surface area contributed by atoms with Gasteiger partial charge in [-0.25, -0.2) is 9.07 Å². The summed E-state index contributed by atoms with van der Waals surface area (Å²) in [5.41, 5.74) is 2.18. The Labute approximate surface area is 143 Å². The van der Waals surface area contributed by atoms with Gasteiger partial charge in [-0.15, -0.1) is 0 Å². The van der Waals surface area contributed by atoms with E-state index in [4.69, 9.17) is 11.6 Å². The van der Waals surface area contributed by atoms with Crippen LogP contribution in [0.3, 0.4) is 0 Å². The molecule has 0 atom stereocenters. The molecule has 1 amide bonds. The first-order valence-electron chi connectivity index (χ1n) is 7.38. The van der Waals surface area contributed by atoms with Gasteiger partial charge in [0.25, 0.3) is 5.91 Å². The number of hydrogen-bond donors (Lipinski definition) is 1. The Balaban J connectivity index is 1.78. The number of carbonyl (C=O) groups is 1. The fraction of sp³-hybridized carbons (Fsp3) is 0.111. The molecular formula is C18H15ClFN3O. The van der Waals surface area contributed by atoms with Crippen LogP contribution in [0.4, 0.5) is 4.39 Å². The molecule has 0 fully saturated rings. The zero-order valence-corrected chi connectivity index (χ0v) is 13.7. The molecule has 3 aromatic rings. The van der Waals surface area contributed by atoms with E-state index in [0.29, 0.717) is 28.5 Å². The molecule has 0 aliphatic heterocycles. The van der Waals surface area contributed by atoms with Crippen LogP contribution in [0, 0.1) is 12.7 Å². The van der Waals surface area contributed by atoms with Gasteiger partial charge in [-0.2, -0.15) is 5.10 Å². The standard InChI is InChI=1S/C18H15ClFN3O/c1-12-15(11-22-23(12)17-8-3-2-7-16(17)20)18(24)21-10-13-5-4-6-14(19)9-13/h2-9,11H,10H2,1H3,(H,21,24). The van der Waals surface area contributed by atoms with Gasteiger partial charge in [0.05, 0.1) is 17.5 Å². The van der Waals surface area contributed by atoms with Gasteiger partial charge in [-0.05, 0) is 36.8 Å². The number of nitrogens with zero attached hydrogens (tertiary/aromatic N) is 2. The minimum Gasteiger partial charge on any atom is -0.348 e. The molecule has 2 aromatic carbocycles. The number of benzene rings is 2. The second kappa shape index (κ2) is 6.84. The highest BCUT2D eigenvalue weighted by Gasteiger charge is 2.16. The summed E-state index contributed by atoms with van der Waals surface area (Å²) in [4.78, 5) is 12.4. The fourth-order valence-electron chi connectivity index (χ4n) is 2.42. The third-order valence-corrected chi connectivity index (χ3v) is 3.91. The Morgan fingerprint density at radius 2 is 2.04 bits per heavy atom. The van der Waals surface area contributed by atoms with Gasteiger partial charge in [0.15, 0.2) is 0 Å². The van der Waals surface area contributed by atoms with Gasteiger partial charge in [0.1, 0.15) is 11.5 Å². The highest BCUT2D eigenvalue weighted by molar-refractivity contribution is 6.30. The summed E-state index contributed by atoms with van der Waals surface area (Å²) in [7, 11) is 0. The first-order chi connectivity index (χ1) is 11.6. The van der Waals surface area contributed by atoms with Crippen molar-refractivity contribution in [2.24, 2.45) is 0 Å². The third-order valence-electron chi connectivity index (χ3n) is 3.68. The molecule has 0 aliphatic rings. The maximum atomic E-state index is 13.9. The topological polar surface area (TPSA) is 46.9 Å². The number of amides is 1. The van der Waals surface area contributed by atoms with Crippen molar-refractivity contribution in [3.05, 3.63) is 82.4 Å². The van der Waals surface area contributed by atoms with E-state index >= 15 is 0 Å². The molecule has 1 heterocycles. The molecule has 0 bridgehead atoms. The van der Waals surface area contributed by atoms with E-state index < -0.39 is 5.82 Å². The predicted molar refractivity (Wildman–Crippen MR) is 90.9 cm³/mol. The Morgan fingerprint density at radius 1 is 1.25 bits per heavy atom. The Bertz CT molecular complexity index is 891. The lowest BCUT2D eigenvalue weighted by molar-refractivity contribution is 0.0950. The summed E-state index contributed by atoms with van der Waals surface area (Å²) in [6, 6.07) is 13.6. The van der Waals surface area contributed by atoms with Gasteiger partial charge >= 0.3 is 0 Å². The van der Waals surface area contributed by atoms with Crippen LogP contribution in [0.1, 0.15) is 21.6 Å². The van der Waals surface area contributed by atoms with Crippen molar-refractivity contribution < 1.29 is 9.18 Å². The largest absolute Gasteiger partial charge is 0.348 e. The number of aromatic nitrogens is 2. The monoisotopic (exact) mass is 343 g/mol. The second-order valence-electron chi connectivity index (χ2n) is 5.32. The van der Waals surface area contributed by atoms with Crippen LogP contribution in [0.15, 0.2) is 54.7 Å². The smallest absolute Gasteiger partial charge is 0.255 e. The van der Waals surface area contributed by atoms with Crippen molar-refractivity contribution in [3.8, 4) is 5.69 Å². The van der Waals surface area contributed by atoms with Gasteiger partial charge in [-0.3, -0.25) is 4.79 Å². The van der Waals surface area contributed by atoms with Gasteiger partial charge in [-0.1, -0.05) is 35.9 Å². The lowest BCUT2D eigenvalue weighted by Crippen LogP contribution is -2.23. The van der Waals surface area contributed by atoms with Gasteiger partial charge < -0.3 is 5.32 Å². The first-order valence-corrected chi connectivity index (χ1v) is 7.76. The lowest BCUT2D eigenvalue weighted by Gasteiger charge is -2.07. The highest BCUT2D eigenvalue weighted by Crippen LogP contribution is 2.17. The second-order valence-corrected chi connectivity index (χ2v) is 5.76. The zero-order valence-electron chi connectivity index (χ0n) is 13.0. The summed E-state index contributed by atoms with van der Waals surface area (Å²) in [5.74, 6) is -0.662. The number of hydrogen-bond acceptors (Lipinski definition) is 2. The Kier molecular flexibility index (Phi) is 4.62. The zero-order chi connectivity index (χ0) is 17.1. The van der Waals surface area contributed by atoms with Crippen LogP contribution in [0.2, 0.25) is 5.02 Å². The van der Waals surface area contributed by atoms with Crippen LogP contribution in [0.5, 0.6) is 0 Å².